The fraction of sp³-hybridized carbons (Fsp3) is 0.188. The molecule has 0 aliphatic heterocycles. The highest BCUT2D eigenvalue weighted by Crippen LogP contribution is 2.36. The van der Waals surface area contributed by atoms with E-state index in [1.54, 1.807) is 46.9 Å². The molecule has 0 radical (unpaired) electrons. The highest BCUT2D eigenvalue weighted by Gasteiger charge is 2.27. The van der Waals surface area contributed by atoms with Gasteiger partial charge in [-0.3, -0.25) is 13.9 Å². The van der Waals surface area contributed by atoms with Gasteiger partial charge >= 0.3 is 0 Å². The van der Waals surface area contributed by atoms with Crippen molar-refractivity contribution in [2.45, 2.75) is 9.79 Å². The summed E-state index contributed by atoms with van der Waals surface area (Å²) in [6.45, 7) is 0. The molecule has 2 rings (SSSR count). The number of nitrogens with zero attached hydrogens (tertiary/aromatic N) is 3. The first-order valence-corrected chi connectivity index (χ1v) is 12.4. The van der Waals surface area contributed by atoms with Crippen LogP contribution in [0.4, 0.5) is 22.7 Å². The molecule has 0 spiro atoms. The topological polar surface area (TPSA) is 166 Å². The summed E-state index contributed by atoms with van der Waals surface area (Å²) in [6.07, 6.45) is 0. The molecule has 0 aliphatic rings. The Bertz CT molecular complexity index is 1140. The Balaban J connectivity index is 2.67. The van der Waals surface area contributed by atoms with Crippen molar-refractivity contribution in [2.24, 2.45) is 10.2 Å². The maximum absolute atomic E-state index is 11.8. The SMILES string of the molecule is CN(C)c1ccc(N=Nc2c(S(=O)(=O)O)cc(NC(=O)CI)cc2S(=O)(=O)O)cc1. The van der Waals surface area contributed by atoms with Crippen molar-refractivity contribution in [3.8, 4) is 0 Å². The van der Waals surface area contributed by atoms with Gasteiger partial charge < -0.3 is 10.2 Å². The number of halogens is 1. The minimum atomic E-state index is -4.99. The lowest BCUT2D eigenvalue weighted by Crippen LogP contribution is -2.14. The van der Waals surface area contributed by atoms with Crippen LogP contribution in [0.1, 0.15) is 0 Å². The number of amides is 1. The van der Waals surface area contributed by atoms with E-state index >= 15 is 0 Å². The Kier molecular flexibility index (Phi) is 7.51. The normalized spacial score (nSPS) is 12.2. The molecule has 11 nitrogen and oxygen atoms in total. The lowest BCUT2D eigenvalue weighted by Gasteiger charge is -2.12. The predicted molar refractivity (Wildman–Crippen MR) is 119 cm³/mol. The van der Waals surface area contributed by atoms with E-state index in [0.717, 1.165) is 17.8 Å². The smallest absolute Gasteiger partial charge is 0.296 e. The number of azo groups is 1. The molecule has 2 aromatic rings. The molecule has 0 aromatic heterocycles. The van der Waals surface area contributed by atoms with Gasteiger partial charge in [0.2, 0.25) is 5.91 Å². The molecule has 0 bridgehead atoms. The minimum absolute atomic E-state index is 0.00934. The van der Waals surface area contributed by atoms with Crippen molar-refractivity contribution < 1.29 is 30.7 Å². The molecular formula is C16H17IN4O7S2. The van der Waals surface area contributed by atoms with E-state index in [1.807, 2.05) is 19.0 Å². The van der Waals surface area contributed by atoms with Gasteiger partial charge in [-0.05, 0) is 36.4 Å². The summed E-state index contributed by atoms with van der Waals surface area (Å²) in [5.74, 6) is -0.562. The van der Waals surface area contributed by atoms with Gasteiger partial charge in [0.1, 0.15) is 15.5 Å². The van der Waals surface area contributed by atoms with E-state index in [1.165, 1.54) is 0 Å². The van der Waals surface area contributed by atoms with Crippen LogP contribution in [0.2, 0.25) is 0 Å². The average Bonchev–Trinajstić information content (AvgIpc) is 2.65. The standard InChI is InChI=1S/C16H17IN4O7S2/c1-21(2)12-5-3-10(4-6-12)19-20-16-13(29(23,24)25)7-11(18-15(22)9-17)8-14(16)30(26,27)28/h3-8H,9H2,1-2H3,(H,18,22)(H,23,24,25)(H,26,27,28). The summed E-state index contributed by atoms with van der Waals surface area (Å²) in [7, 11) is -6.34. The van der Waals surface area contributed by atoms with Crippen molar-refractivity contribution in [3.05, 3.63) is 36.4 Å². The van der Waals surface area contributed by atoms with Crippen LogP contribution in [0, 0.1) is 0 Å². The highest BCUT2D eigenvalue weighted by molar-refractivity contribution is 14.1. The molecule has 162 valence electrons. The van der Waals surface area contributed by atoms with Crippen LogP contribution < -0.4 is 10.2 Å². The molecule has 0 fully saturated rings. The van der Waals surface area contributed by atoms with Crippen LogP contribution in [0.3, 0.4) is 0 Å². The van der Waals surface area contributed by atoms with E-state index in [9.17, 15) is 30.7 Å². The van der Waals surface area contributed by atoms with Crippen LogP contribution in [0.15, 0.2) is 56.4 Å². The summed E-state index contributed by atoms with van der Waals surface area (Å²) in [5.41, 5.74) is 0.0300. The van der Waals surface area contributed by atoms with E-state index in [2.05, 4.69) is 15.5 Å². The number of rotatable bonds is 7. The van der Waals surface area contributed by atoms with Crippen LogP contribution in [-0.4, -0.2) is 50.4 Å². The number of carbonyl (C=O) groups excluding carboxylic acids is 1. The molecule has 3 N–H and O–H groups in total. The largest absolute Gasteiger partial charge is 0.378 e. The number of carbonyl (C=O) groups is 1. The first-order valence-electron chi connectivity index (χ1n) is 8.01. The van der Waals surface area contributed by atoms with E-state index < -0.39 is 41.6 Å². The van der Waals surface area contributed by atoms with Crippen molar-refractivity contribution in [3.63, 3.8) is 0 Å². The number of hydrogen-bond acceptors (Lipinski definition) is 8. The summed E-state index contributed by atoms with van der Waals surface area (Å²) in [5, 5.41) is 9.70. The molecule has 0 saturated carbocycles. The fourth-order valence-corrected chi connectivity index (χ4v) is 3.86. The maximum Gasteiger partial charge on any atom is 0.296 e. The Hall–Kier alpha value is -2.14. The molecular weight excluding hydrogens is 551 g/mol. The van der Waals surface area contributed by atoms with Gasteiger partial charge in [-0.15, -0.1) is 5.11 Å². The number of hydrogen-bond donors (Lipinski definition) is 3. The highest BCUT2D eigenvalue weighted by atomic mass is 127. The van der Waals surface area contributed by atoms with Crippen LogP contribution in [0.5, 0.6) is 0 Å². The molecule has 0 heterocycles. The molecule has 0 aliphatic carbocycles. The van der Waals surface area contributed by atoms with Crippen LogP contribution in [0.25, 0.3) is 0 Å². The van der Waals surface area contributed by atoms with Gasteiger partial charge in [0, 0.05) is 25.5 Å². The third-order valence-electron chi connectivity index (χ3n) is 3.63. The summed E-state index contributed by atoms with van der Waals surface area (Å²) in [4.78, 5) is 11.5. The Morgan fingerprint density at radius 1 is 1.00 bits per heavy atom. The van der Waals surface area contributed by atoms with Gasteiger partial charge in [-0.1, -0.05) is 22.6 Å². The molecule has 0 atom stereocenters. The second-order valence-electron chi connectivity index (χ2n) is 6.06. The van der Waals surface area contributed by atoms with E-state index in [0.29, 0.717) is 0 Å². The summed E-state index contributed by atoms with van der Waals surface area (Å²) < 4.78 is 66.4. The average molecular weight is 568 g/mol. The Morgan fingerprint density at radius 2 is 1.50 bits per heavy atom. The molecule has 0 unspecified atom stereocenters. The minimum Gasteiger partial charge on any atom is -0.378 e. The molecule has 1 amide bonds. The Labute approximate surface area is 186 Å². The number of nitrogens with one attached hydrogen (secondary N) is 1. The fourth-order valence-electron chi connectivity index (χ4n) is 2.27. The lowest BCUT2D eigenvalue weighted by atomic mass is 10.2. The van der Waals surface area contributed by atoms with Crippen molar-refractivity contribution >= 4 is 71.5 Å². The zero-order valence-corrected chi connectivity index (χ0v) is 19.4. The van der Waals surface area contributed by atoms with Gasteiger partial charge in [-0.2, -0.15) is 21.9 Å². The van der Waals surface area contributed by atoms with E-state index in [4.69, 9.17) is 0 Å². The van der Waals surface area contributed by atoms with E-state index in [-0.39, 0.29) is 15.8 Å². The third-order valence-corrected chi connectivity index (χ3v) is 6.06. The second kappa shape index (κ2) is 9.34. The van der Waals surface area contributed by atoms with Gasteiger partial charge in [0.15, 0.2) is 0 Å². The zero-order valence-electron chi connectivity index (χ0n) is 15.6. The molecule has 2 aromatic carbocycles. The van der Waals surface area contributed by atoms with Crippen LogP contribution >= 0.6 is 22.6 Å². The Morgan fingerprint density at radius 3 is 1.90 bits per heavy atom. The number of alkyl halides is 1. The quantitative estimate of drug-likeness (QED) is 0.198. The maximum atomic E-state index is 11.8. The summed E-state index contributed by atoms with van der Waals surface area (Å²) in [6, 6.07) is 8.13. The van der Waals surface area contributed by atoms with Crippen molar-refractivity contribution in [1.82, 2.24) is 0 Å². The number of benzene rings is 2. The first-order chi connectivity index (χ1) is 13.8. The molecule has 30 heavy (non-hydrogen) atoms. The monoisotopic (exact) mass is 568 g/mol. The third kappa shape index (κ3) is 6.18. The lowest BCUT2D eigenvalue weighted by molar-refractivity contribution is -0.113. The number of anilines is 2. The first kappa shape index (κ1) is 24.1. The molecule has 14 heteroatoms. The van der Waals surface area contributed by atoms with Gasteiger partial charge in [0.25, 0.3) is 20.2 Å². The second-order valence-corrected chi connectivity index (χ2v) is 9.61. The van der Waals surface area contributed by atoms with Crippen molar-refractivity contribution in [2.75, 3.05) is 28.7 Å². The molecule has 0 saturated heterocycles. The van der Waals surface area contributed by atoms with Gasteiger partial charge in [0.05, 0.1) is 10.1 Å². The summed E-state index contributed by atoms with van der Waals surface area (Å²) >= 11 is 1.74. The van der Waals surface area contributed by atoms with Gasteiger partial charge in [-0.25, -0.2) is 0 Å². The van der Waals surface area contributed by atoms with Crippen LogP contribution in [-0.2, 0) is 25.0 Å². The zero-order chi connectivity index (χ0) is 22.7. The van der Waals surface area contributed by atoms with Crippen molar-refractivity contribution in [1.29, 1.82) is 0 Å². The predicted octanol–water partition coefficient (Wildman–Crippen LogP) is 3.03.